The minimum absolute atomic E-state index is 0.199. The van der Waals surface area contributed by atoms with Gasteiger partial charge in [0, 0.05) is 17.4 Å². The molecule has 0 aliphatic heterocycles. The summed E-state index contributed by atoms with van der Waals surface area (Å²) in [7, 11) is 1.30. The lowest BCUT2D eigenvalue weighted by molar-refractivity contribution is 0.0600. The number of nitrogens with zero attached hydrogens (tertiary/aromatic N) is 2. The van der Waals surface area contributed by atoms with E-state index in [0.29, 0.717) is 17.1 Å². The first kappa shape index (κ1) is 19.0. The summed E-state index contributed by atoms with van der Waals surface area (Å²) in [6.07, 6.45) is 1.32. The van der Waals surface area contributed by atoms with Gasteiger partial charge < -0.3 is 15.4 Å². The van der Waals surface area contributed by atoms with Crippen molar-refractivity contribution in [2.75, 3.05) is 17.7 Å². The van der Waals surface area contributed by atoms with E-state index in [2.05, 4.69) is 31.4 Å². The number of aromatic nitrogens is 2. The van der Waals surface area contributed by atoms with E-state index in [1.54, 1.807) is 30.3 Å². The lowest BCUT2D eigenvalue weighted by atomic mass is 10.1. The van der Waals surface area contributed by atoms with Crippen LogP contribution in [0.5, 0.6) is 0 Å². The Morgan fingerprint density at radius 1 is 0.929 bits per heavy atom. The minimum Gasteiger partial charge on any atom is -0.465 e. The molecule has 1 heterocycles. The molecule has 2 N–H and O–H groups in total. The largest absolute Gasteiger partial charge is 0.465 e. The highest BCUT2D eigenvalue weighted by Gasteiger charge is 2.12. The van der Waals surface area contributed by atoms with Gasteiger partial charge in [0.1, 0.15) is 17.8 Å². The predicted octanol–water partition coefficient (Wildman–Crippen LogP) is 3.88. The molecule has 0 unspecified atom stereocenters. The van der Waals surface area contributed by atoms with Crippen molar-refractivity contribution in [3.05, 3.63) is 77.2 Å². The van der Waals surface area contributed by atoms with Gasteiger partial charge in [-0.05, 0) is 55.3 Å². The summed E-state index contributed by atoms with van der Waals surface area (Å²) in [5.41, 5.74) is 4.15. The minimum atomic E-state index is -0.474. The molecule has 3 aromatic rings. The number of aryl methyl sites for hydroxylation is 2. The molecule has 0 bridgehead atoms. The number of ether oxygens (including phenoxy) is 1. The van der Waals surface area contributed by atoms with E-state index in [1.807, 2.05) is 26.0 Å². The van der Waals surface area contributed by atoms with Crippen LogP contribution in [0.3, 0.4) is 0 Å². The Balaban J connectivity index is 1.76. The molecule has 0 fully saturated rings. The third-order valence-corrected chi connectivity index (χ3v) is 3.94. The van der Waals surface area contributed by atoms with Crippen molar-refractivity contribution >= 4 is 29.1 Å². The van der Waals surface area contributed by atoms with Gasteiger partial charge in [-0.15, -0.1) is 0 Å². The van der Waals surface area contributed by atoms with E-state index in [9.17, 15) is 9.59 Å². The first-order chi connectivity index (χ1) is 13.4. The molecule has 0 saturated carbocycles. The molecule has 28 heavy (non-hydrogen) atoms. The molecule has 0 atom stereocenters. The number of amides is 1. The number of carbonyl (C=O) groups is 2. The molecule has 1 amide bonds. The van der Waals surface area contributed by atoms with Crippen LogP contribution in [0.2, 0.25) is 0 Å². The lowest BCUT2D eigenvalue weighted by Gasteiger charge is -2.09. The molecule has 1 aromatic heterocycles. The van der Waals surface area contributed by atoms with Crippen molar-refractivity contribution in [1.82, 2.24) is 9.97 Å². The van der Waals surface area contributed by atoms with Crippen LogP contribution in [0.15, 0.2) is 54.9 Å². The van der Waals surface area contributed by atoms with Crippen molar-refractivity contribution in [2.45, 2.75) is 13.8 Å². The van der Waals surface area contributed by atoms with Gasteiger partial charge in [-0.1, -0.05) is 12.1 Å². The van der Waals surface area contributed by atoms with Crippen LogP contribution in [0, 0.1) is 13.8 Å². The molecule has 0 aliphatic carbocycles. The lowest BCUT2D eigenvalue weighted by Crippen LogP contribution is -2.15. The van der Waals surface area contributed by atoms with Crippen LogP contribution >= 0.6 is 0 Å². The first-order valence-electron chi connectivity index (χ1n) is 8.62. The second-order valence-electron chi connectivity index (χ2n) is 6.32. The molecule has 2 aromatic carbocycles. The second-order valence-corrected chi connectivity index (χ2v) is 6.32. The SMILES string of the molecule is COC(=O)c1cccc(NC(=O)c2cc(Nc3cc(C)cc(C)c3)ncn2)c1. The smallest absolute Gasteiger partial charge is 0.337 e. The average molecular weight is 376 g/mol. The summed E-state index contributed by atoms with van der Waals surface area (Å²) in [5.74, 6) is -0.376. The van der Waals surface area contributed by atoms with E-state index >= 15 is 0 Å². The van der Waals surface area contributed by atoms with Gasteiger partial charge in [0.2, 0.25) is 0 Å². The molecule has 3 rings (SSSR count). The summed E-state index contributed by atoms with van der Waals surface area (Å²) in [5, 5.41) is 5.91. The molecular weight excluding hydrogens is 356 g/mol. The maximum Gasteiger partial charge on any atom is 0.337 e. The number of nitrogens with one attached hydrogen (secondary N) is 2. The highest BCUT2D eigenvalue weighted by atomic mass is 16.5. The van der Waals surface area contributed by atoms with E-state index in [0.717, 1.165) is 16.8 Å². The number of rotatable bonds is 5. The monoisotopic (exact) mass is 376 g/mol. The first-order valence-corrected chi connectivity index (χ1v) is 8.62. The van der Waals surface area contributed by atoms with E-state index in [1.165, 1.54) is 13.4 Å². The Bertz CT molecular complexity index is 1010. The predicted molar refractivity (Wildman–Crippen MR) is 107 cm³/mol. The van der Waals surface area contributed by atoms with Crippen LogP contribution in [0.1, 0.15) is 32.0 Å². The van der Waals surface area contributed by atoms with Crippen molar-refractivity contribution in [3.63, 3.8) is 0 Å². The number of methoxy groups -OCH3 is 1. The number of carbonyl (C=O) groups excluding carboxylic acids is 2. The van der Waals surface area contributed by atoms with E-state index < -0.39 is 11.9 Å². The molecule has 7 heteroatoms. The van der Waals surface area contributed by atoms with Crippen molar-refractivity contribution in [2.24, 2.45) is 0 Å². The van der Waals surface area contributed by atoms with Crippen LogP contribution in [0.4, 0.5) is 17.2 Å². The summed E-state index contributed by atoms with van der Waals surface area (Å²) in [6, 6.07) is 14.1. The average Bonchev–Trinajstić information content (AvgIpc) is 2.67. The maximum absolute atomic E-state index is 12.5. The fourth-order valence-electron chi connectivity index (χ4n) is 2.78. The van der Waals surface area contributed by atoms with Crippen LogP contribution in [0.25, 0.3) is 0 Å². The van der Waals surface area contributed by atoms with Gasteiger partial charge in [0.25, 0.3) is 5.91 Å². The van der Waals surface area contributed by atoms with Gasteiger partial charge in [-0.25, -0.2) is 14.8 Å². The van der Waals surface area contributed by atoms with Crippen molar-refractivity contribution in [1.29, 1.82) is 0 Å². The molecular formula is C21H20N4O3. The van der Waals surface area contributed by atoms with Crippen LogP contribution in [-0.4, -0.2) is 29.0 Å². The fraction of sp³-hybridized carbons (Fsp3) is 0.143. The number of anilines is 3. The second kappa shape index (κ2) is 8.30. The molecule has 142 valence electrons. The zero-order valence-corrected chi connectivity index (χ0v) is 15.8. The van der Waals surface area contributed by atoms with Crippen molar-refractivity contribution in [3.8, 4) is 0 Å². The van der Waals surface area contributed by atoms with Crippen LogP contribution < -0.4 is 10.6 Å². The third kappa shape index (κ3) is 4.70. The highest BCUT2D eigenvalue weighted by molar-refractivity contribution is 6.04. The highest BCUT2D eigenvalue weighted by Crippen LogP contribution is 2.19. The van der Waals surface area contributed by atoms with Gasteiger partial charge in [0.15, 0.2) is 0 Å². The Morgan fingerprint density at radius 3 is 2.39 bits per heavy atom. The van der Waals surface area contributed by atoms with Crippen LogP contribution in [-0.2, 0) is 4.74 Å². The van der Waals surface area contributed by atoms with E-state index in [-0.39, 0.29) is 5.69 Å². The molecule has 0 aliphatic rings. The summed E-state index contributed by atoms with van der Waals surface area (Å²) < 4.78 is 4.69. The third-order valence-electron chi connectivity index (χ3n) is 3.94. The summed E-state index contributed by atoms with van der Waals surface area (Å²) in [6.45, 7) is 4.03. The topological polar surface area (TPSA) is 93.2 Å². The maximum atomic E-state index is 12.5. The molecule has 0 spiro atoms. The Hall–Kier alpha value is -3.74. The fourth-order valence-corrected chi connectivity index (χ4v) is 2.78. The summed E-state index contributed by atoms with van der Waals surface area (Å²) in [4.78, 5) is 32.4. The Morgan fingerprint density at radius 2 is 1.68 bits per heavy atom. The summed E-state index contributed by atoms with van der Waals surface area (Å²) >= 11 is 0. The van der Waals surface area contributed by atoms with Gasteiger partial charge in [-0.3, -0.25) is 4.79 Å². The number of hydrogen-bond donors (Lipinski definition) is 2. The Kier molecular flexibility index (Phi) is 5.64. The van der Waals surface area contributed by atoms with Gasteiger partial charge in [0.05, 0.1) is 12.7 Å². The standard InChI is InChI=1S/C21H20N4O3/c1-13-7-14(2)9-17(8-13)24-19-11-18(22-12-23-19)20(26)25-16-6-4-5-15(10-16)21(27)28-3/h4-12H,1-3H3,(H,25,26)(H,22,23,24). The zero-order valence-electron chi connectivity index (χ0n) is 15.8. The quantitative estimate of drug-likeness (QED) is 0.657. The molecule has 0 radical (unpaired) electrons. The Labute approximate surface area is 162 Å². The van der Waals surface area contributed by atoms with E-state index in [4.69, 9.17) is 0 Å². The number of hydrogen-bond acceptors (Lipinski definition) is 6. The number of benzene rings is 2. The van der Waals surface area contributed by atoms with Gasteiger partial charge >= 0.3 is 5.97 Å². The van der Waals surface area contributed by atoms with Crippen molar-refractivity contribution < 1.29 is 14.3 Å². The molecule has 7 nitrogen and oxygen atoms in total. The van der Waals surface area contributed by atoms with Gasteiger partial charge in [-0.2, -0.15) is 0 Å². The normalized spacial score (nSPS) is 10.2. The number of esters is 1. The molecule has 0 saturated heterocycles. The zero-order chi connectivity index (χ0) is 20.1.